The number of methoxy groups -OCH3 is 1. The van der Waals surface area contributed by atoms with E-state index in [0.717, 1.165) is 34.7 Å². The normalized spacial score (nSPS) is 16.6. The molecule has 1 unspecified atom stereocenters. The number of para-hydroxylation sites is 1. The van der Waals surface area contributed by atoms with E-state index in [0.29, 0.717) is 0 Å². The highest BCUT2D eigenvalue weighted by Gasteiger charge is 2.24. The molecule has 6 heteroatoms. The number of nitrogens with one attached hydrogen (secondary N) is 1. The minimum atomic E-state index is 0.121. The number of nitrogens with two attached hydrogens (primary N) is 1. The molecule has 0 radical (unpaired) electrons. The van der Waals surface area contributed by atoms with Crippen molar-refractivity contribution in [2.24, 2.45) is 0 Å². The number of rotatable bonds is 4. The van der Waals surface area contributed by atoms with E-state index in [1.807, 2.05) is 18.2 Å². The Morgan fingerprint density at radius 1 is 1.27 bits per heavy atom. The fourth-order valence-electron chi connectivity index (χ4n) is 2.74. The van der Waals surface area contributed by atoms with E-state index in [9.17, 15) is 0 Å². The van der Waals surface area contributed by atoms with Gasteiger partial charge in [0.25, 0.3) is 0 Å². The van der Waals surface area contributed by atoms with Gasteiger partial charge in [0.05, 0.1) is 25.6 Å². The van der Waals surface area contributed by atoms with Gasteiger partial charge in [0, 0.05) is 29.7 Å². The van der Waals surface area contributed by atoms with Crippen molar-refractivity contribution in [3.8, 4) is 5.75 Å². The predicted octanol–water partition coefficient (Wildman–Crippen LogP) is 1.90. The third-order valence-electron chi connectivity index (χ3n) is 3.71. The molecule has 3 N–H and O–H groups in total. The van der Waals surface area contributed by atoms with E-state index in [1.165, 1.54) is 0 Å². The van der Waals surface area contributed by atoms with Crippen LogP contribution in [0.3, 0.4) is 0 Å². The maximum Gasteiger partial charge on any atom is 0.220 e. The summed E-state index contributed by atoms with van der Waals surface area (Å²) in [6.45, 7) is 0. The Kier molecular flexibility index (Phi) is 3.93. The molecule has 1 atom stereocenters. The monoisotopic (exact) mass is 298 g/mol. The van der Waals surface area contributed by atoms with Crippen molar-refractivity contribution in [3.63, 3.8) is 0 Å². The lowest BCUT2D eigenvalue weighted by Crippen LogP contribution is -2.20. The molecule has 114 valence electrons. The molecule has 2 aromatic rings. The molecule has 0 amide bonds. The molecule has 1 aromatic carbocycles. The zero-order chi connectivity index (χ0) is 15.5. The maximum absolute atomic E-state index is 5.72. The highest BCUT2D eigenvalue weighted by atomic mass is 16.6. The smallest absolute Gasteiger partial charge is 0.220 e. The van der Waals surface area contributed by atoms with Crippen LogP contribution in [0.4, 0.5) is 5.95 Å². The Morgan fingerprint density at radius 2 is 2.09 bits per heavy atom. The SMILES string of the molecule is CONC1=CC(c2ccccc2OC)Cc2nc(N)ncc21. The molecule has 0 aliphatic heterocycles. The largest absolute Gasteiger partial charge is 0.496 e. The van der Waals surface area contributed by atoms with Gasteiger partial charge >= 0.3 is 0 Å². The van der Waals surface area contributed by atoms with E-state index in [-0.39, 0.29) is 11.9 Å². The van der Waals surface area contributed by atoms with Gasteiger partial charge in [0.1, 0.15) is 5.75 Å². The summed E-state index contributed by atoms with van der Waals surface area (Å²) in [7, 11) is 3.25. The van der Waals surface area contributed by atoms with Crippen molar-refractivity contribution in [2.75, 3.05) is 20.0 Å². The second-order valence-corrected chi connectivity index (χ2v) is 5.03. The average Bonchev–Trinajstić information content (AvgIpc) is 2.54. The number of hydrogen-bond donors (Lipinski definition) is 2. The van der Waals surface area contributed by atoms with Gasteiger partial charge in [-0.1, -0.05) is 24.3 Å². The topological polar surface area (TPSA) is 82.3 Å². The molecule has 6 nitrogen and oxygen atoms in total. The second kappa shape index (κ2) is 6.03. The number of hydrogen-bond acceptors (Lipinski definition) is 6. The number of allylic oxidation sites excluding steroid dienone is 1. The molecular formula is C16H18N4O2. The van der Waals surface area contributed by atoms with Gasteiger partial charge in [-0.25, -0.2) is 9.97 Å². The fraction of sp³-hybridized carbons (Fsp3) is 0.250. The van der Waals surface area contributed by atoms with Crippen LogP contribution in [0.2, 0.25) is 0 Å². The van der Waals surface area contributed by atoms with Crippen molar-refractivity contribution >= 4 is 11.6 Å². The van der Waals surface area contributed by atoms with Crippen LogP contribution in [0.15, 0.2) is 36.5 Å². The summed E-state index contributed by atoms with van der Waals surface area (Å²) in [5, 5.41) is 0. The molecular weight excluding hydrogens is 280 g/mol. The van der Waals surface area contributed by atoms with Crippen LogP contribution in [-0.4, -0.2) is 24.2 Å². The molecule has 0 fully saturated rings. The van der Waals surface area contributed by atoms with Gasteiger partial charge in [-0.3, -0.25) is 10.3 Å². The van der Waals surface area contributed by atoms with Gasteiger partial charge in [-0.15, -0.1) is 0 Å². The predicted molar refractivity (Wildman–Crippen MR) is 84.0 cm³/mol. The molecule has 0 saturated carbocycles. The third-order valence-corrected chi connectivity index (χ3v) is 3.71. The Morgan fingerprint density at radius 3 is 2.86 bits per heavy atom. The van der Waals surface area contributed by atoms with Gasteiger partial charge < -0.3 is 10.5 Å². The first kappa shape index (κ1) is 14.3. The lowest BCUT2D eigenvalue weighted by molar-refractivity contribution is 0.136. The van der Waals surface area contributed by atoms with Crippen molar-refractivity contribution < 1.29 is 9.57 Å². The summed E-state index contributed by atoms with van der Waals surface area (Å²) in [5.74, 6) is 1.25. The van der Waals surface area contributed by atoms with E-state index in [4.69, 9.17) is 15.3 Å². The number of nitrogens with zero attached hydrogens (tertiary/aromatic N) is 2. The summed E-state index contributed by atoms with van der Waals surface area (Å²) < 4.78 is 5.47. The fourth-order valence-corrected chi connectivity index (χ4v) is 2.74. The quantitative estimate of drug-likeness (QED) is 0.839. The third kappa shape index (κ3) is 2.60. The van der Waals surface area contributed by atoms with Crippen LogP contribution in [0, 0.1) is 0 Å². The first-order valence-electron chi connectivity index (χ1n) is 6.98. The number of hydroxylamine groups is 1. The highest BCUT2D eigenvalue weighted by molar-refractivity contribution is 5.69. The molecule has 0 saturated heterocycles. The molecule has 1 aromatic heterocycles. The van der Waals surface area contributed by atoms with E-state index >= 15 is 0 Å². The molecule has 1 aliphatic rings. The number of aromatic nitrogens is 2. The average molecular weight is 298 g/mol. The van der Waals surface area contributed by atoms with E-state index in [2.05, 4.69) is 27.6 Å². The van der Waals surface area contributed by atoms with Crippen LogP contribution < -0.4 is 16.0 Å². The summed E-state index contributed by atoms with van der Waals surface area (Å²) in [6.07, 6.45) is 4.55. The zero-order valence-electron chi connectivity index (χ0n) is 12.5. The molecule has 1 aliphatic carbocycles. The first-order chi connectivity index (χ1) is 10.7. The highest BCUT2D eigenvalue weighted by Crippen LogP contribution is 2.36. The minimum Gasteiger partial charge on any atom is -0.496 e. The minimum absolute atomic E-state index is 0.121. The van der Waals surface area contributed by atoms with E-state index in [1.54, 1.807) is 20.4 Å². The second-order valence-electron chi connectivity index (χ2n) is 5.03. The molecule has 0 bridgehead atoms. The maximum atomic E-state index is 5.72. The van der Waals surface area contributed by atoms with Crippen LogP contribution >= 0.6 is 0 Å². The summed E-state index contributed by atoms with van der Waals surface area (Å²) in [6, 6.07) is 7.96. The van der Waals surface area contributed by atoms with Crippen molar-refractivity contribution in [1.29, 1.82) is 0 Å². The number of fused-ring (bicyclic) bond motifs is 1. The standard InChI is InChI=1S/C16H18N4O2/c1-21-15-6-4-3-5-11(15)10-7-13-12(9-18-16(17)19-13)14(8-10)20-22-2/h3-6,8-10,20H,7H2,1-2H3,(H2,17,18,19). The van der Waals surface area contributed by atoms with Crippen molar-refractivity contribution in [3.05, 3.63) is 53.4 Å². The van der Waals surface area contributed by atoms with Crippen molar-refractivity contribution in [2.45, 2.75) is 12.3 Å². The van der Waals surface area contributed by atoms with Gasteiger partial charge in [0.15, 0.2) is 0 Å². The van der Waals surface area contributed by atoms with Crippen LogP contribution in [-0.2, 0) is 11.3 Å². The van der Waals surface area contributed by atoms with Crippen LogP contribution in [0.25, 0.3) is 5.70 Å². The van der Waals surface area contributed by atoms with Gasteiger partial charge in [0.2, 0.25) is 5.95 Å². The number of anilines is 1. The molecule has 3 rings (SSSR count). The molecule has 1 heterocycles. The number of nitrogen functional groups attached to an aromatic ring is 1. The van der Waals surface area contributed by atoms with Crippen LogP contribution in [0.1, 0.15) is 22.7 Å². The molecule has 0 spiro atoms. The summed E-state index contributed by atoms with van der Waals surface area (Å²) >= 11 is 0. The number of benzene rings is 1. The van der Waals surface area contributed by atoms with Gasteiger partial charge in [-0.05, 0) is 6.07 Å². The zero-order valence-corrected chi connectivity index (χ0v) is 12.5. The lowest BCUT2D eigenvalue weighted by atomic mass is 9.86. The Balaban J connectivity index is 2.06. The van der Waals surface area contributed by atoms with Crippen LogP contribution in [0.5, 0.6) is 5.75 Å². The lowest BCUT2D eigenvalue weighted by Gasteiger charge is -2.24. The van der Waals surface area contributed by atoms with Crippen molar-refractivity contribution in [1.82, 2.24) is 15.4 Å². The Labute approximate surface area is 128 Å². The number of ether oxygens (including phenoxy) is 1. The Hall–Kier alpha value is -2.60. The summed E-state index contributed by atoms with van der Waals surface area (Å²) in [5.41, 5.74) is 12.4. The van der Waals surface area contributed by atoms with Gasteiger partial charge in [-0.2, -0.15) is 0 Å². The summed E-state index contributed by atoms with van der Waals surface area (Å²) in [4.78, 5) is 13.5. The molecule has 22 heavy (non-hydrogen) atoms. The van der Waals surface area contributed by atoms with E-state index < -0.39 is 0 Å². The first-order valence-corrected chi connectivity index (χ1v) is 6.98. The Bertz CT molecular complexity index is 715.